The van der Waals surface area contributed by atoms with Crippen molar-refractivity contribution >= 4 is 11.4 Å². The summed E-state index contributed by atoms with van der Waals surface area (Å²) in [5.41, 5.74) is 5.07. The van der Waals surface area contributed by atoms with Crippen molar-refractivity contribution in [3.63, 3.8) is 0 Å². The van der Waals surface area contributed by atoms with Crippen molar-refractivity contribution in [2.45, 2.75) is 6.04 Å². The Morgan fingerprint density at radius 2 is 1.93 bits per heavy atom. The standard InChI is InChI=1S/C20H16F2N4O/c1-2-11-12-5-3-4-6-16(12)25-18(13-9-24-20(26-23)17(11)13)10-7-14(21)19(27)15(22)8-10/h2-9,18,24,26-27H,1,23H2. The predicted octanol–water partition coefficient (Wildman–Crippen LogP) is 2.39. The molecule has 1 atom stereocenters. The Bertz CT molecular complexity index is 1160. The number of nitrogens with one attached hydrogen (secondary N) is 2. The molecule has 0 fully saturated rings. The van der Waals surface area contributed by atoms with Gasteiger partial charge < -0.3 is 15.5 Å². The molecule has 0 saturated carbocycles. The number of halogens is 2. The summed E-state index contributed by atoms with van der Waals surface area (Å²) in [6.45, 7) is 3.90. The summed E-state index contributed by atoms with van der Waals surface area (Å²) >= 11 is 0. The summed E-state index contributed by atoms with van der Waals surface area (Å²) < 4.78 is 28.0. The van der Waals surface area contributed by atoms with Crippen molar-refractivity contribution in [2.24, 2.45) is 10.8 Å². The summed E-state index contributed by atoms with van der Waals surface area (Å²) in [7, 11) is 0. The van der Waals surface area contributed by atoms with Crippen LogP contribution >= 0.6 is 0 Å². The molecule has 1 aromatic heterocycles. The van der Waals surface area contributed by atoms with Gasteiger partial charge in [0.25, 0.3) is 0 Å². The highest BCUT2D eigenvalue weighted by Gasteiger charge is 2.26. The molecule has 0 radical (unpaired) electrons. The second-order valence-corrected chi connectivity index (χ2v) is 6.14. The number of allylic oxidation sites excluding steroid dienone is 1. The average molecular weight is 366 g/mol. The zero-order valence-electron chi connectivity index (χ0n) is 14.1. The van der Waals surface area contributed by atoms with Crippen molar-refractivity contribution in [3.05, 3.63) is 94.2 Å². The van der Waals surface area contributed by atoms with E-state index in [1.807, 2.05) is 24.3 Å². The molecule has 5 nitrogen and oxygen atoms in total. The minimum atomic E-state index is -1.04. The molecule has 0 spiro atoms. The third kappa shape index (κ3) is 2.60. The molecule has 5 N–H and O–H groups in total. The number of para-hydroxylation sites is 1. The van der Waals surface area contributed by atoms with Crippen molar-refractivity contribution in [1.29, 1.82) is 0 Å². The Morgan fingerprint density at radius 3 is 2.59 bits per heavy atom. The molecule has 7 heteroatoms. The predicted molar refractivity (Wildman–Crippen MR) is 98.4 cm³/mol. The van der Waals surface area contributed by atoms with E-state index in [0.717, 1.165) is 28.5 Å². The fourth-order valence-electron chi connectivity index (χ4n) is 3.42. The van der Waals surface area contributed by atoms with Crippen LogP contribution in [0.5, 0.6) is 5.75 Å². The normalized spacial score (nSPS) is 15.4. The largest absolute Gasteiger partial charge is 0.503 e. The van der Waals surface area contributed by atoms with Crippen LogP contribution in [-0.4, -0.2) is 10.1 Å². The van der Waals surface area contributed by atoms with Gasteiger partial charge in [0.1, 0.15) is 11.9 Å². The lowest BCUT2D eigenvalue weighted by molar-refractivity contribution is 0.395. The van der Waals surface area contributed by atoms with Gasteiger partial charge in [-0.3, -0.25) is 4.99 Å². The van der Waals surface area contributed by atoms with Gasteiger partial charge in [0.05, 0.1) is 5.36 Å². The lowest BCUT2D eigenvalue weighted by Crippen LogP contribution is -2.26. The van der Waals surface area contributed by atoms with Crippen LogP contribution in [0.25, 0.3) is 5.57 Å². The van der Waals surface area contributed by atoms with E-state index in [-0.39, 0.29) is 5.56 Å². The number of nitrogens with two attached hydrogens (primary N) is 1. The Morgan fingerprint density at radius 1 is 1.22 bits per heavy atom. The molecular weight excluding hydrogens is 350 g/mol. The Kier molecular flexibility index (Phi) is 4.01. The van der Waals surface area contributed by atoms with Crippen LogP contribution in [0.1, 0.15) is 22.7 Å². The minimum absolute atomic E-state index is 0.270. The van der Waals surface area contributed by atoms with Gasteiger partial charge in [-0.1, -0.05) is 30.9 Å². The van der Waals surface area contributed by atoms with Crippen LogP contribution in [0.15, 0.2) is 60.2 Å². The van der Waals surface area contributed by atoms with Crippen molar-refractivity contribution in [1.82, 2.24) is 4.98 Å². The highest BCUT2D eigenvalue weighted by Crippen LogP contribution is 2.37. The number of aromatic amines is 1. The van der Waals surface area contributed by atoms with Crippen LogP contribution < -0.4 is 21.8 Å². The van der Waals surface area contributed by atoms with Gasteiger partial charge in [-0.2, -0.15) is 0 Å². The third-order valence-corrected chi connectivity index (χ3v) is 4.64. The number of hydrogen-bond acceptors (Lipinski definition) is 4. The Hall–Kier alpha value is -3.45. The first-order valence-corrected chi connectivity index (χ1v) is 8.21. The number of benzene rings is 2. The second-order valence-electron chi connectivity index (χ2n) is 6.14. The average Bonchev–Trinajstić information content (AvgIpc) is 3.03. The Balaban J connectivity index is 2.10. The number of aromatic nitrogens is 1. The van der Waals surface area contributed by atoms with Gasteiger partial charge in [-0.15, -0.1) is 0 Å². The molecular formula is C20H16F2N4O. The van der Waals surface area contributed by atoms with Gasteiger partial charge in [-0.25, -0.2) is 14.6 Å². The molecule has 136 valence electrons. The second kappa shape index (κ2) is 6.37. The quantitative estimate of drug-likeness (QED) is 0.424. The SMILES string of the molecule is C=CC1=c2ccccc2=NC(c2cc(F)c(O)c(F)c2)c2c[nH]c(NN)c21. The molecule has 2 aromatic carbocycles. The number of rotatable bonds is 3. The highest BCUT2D eigenvalue weighted by molar-refractivity contribution is 5.83. The van der Waals surface area contributed by atoms with Crippen molar-refractivity contribution in [2.75, 3.05) is 5.43 Å². The number of hydrazine groups is 1. The molecule has 0 saturated heterocycles. The van der Waals surface area contributed by atoms with E-state index in [0.29, 0.717) is 16.7 Å². The number of aromatic hydroxyl groups is 1. The summed E-state index contributed by atoms with van der Waals surface area (Å²) in [6, 6.07) is 8.89. The number of H-pyrrole nitrogens is 1. The first-order chi connectivity index (χ1) is 13.0. The number of hydrogen-bond donors (Lipinski definition) is 4. The molecule has 0 aliphatic carbocycles. The molecule has 2 heterocycles. The van der Waals surface area contributed by atoms with Crippen LogP contribution in [0.3, 0.4) is 0 Å². The van der Waals surface area contributed by atoms with Gasteiger partial charge in [0.15, 0.2) is 17.4 Å². The van der Waals surface area contributed by atoms with E-state index < -0.39 is 23.4 Å². The van der Waals surface area contributed by atoms with Gasteiger partial charge in [0.2, 0.25) is 0 Å². The van der Waals surface area contributed by atoms with Gasteiger partial charge in [0, 0.05) is 22.5 Å². The molecule has 27 heavy (non-hydrogen) atoms. The number of nitrogens with zero attached hydrogens (tertiary/aromatic N) is 1. The minimum Gasteiger partial charge on any atom is -0.503 e. The maximum atomic E-state index is 14.0. The van der Waals surface area contributed by atoms with Crippen molar-refractivity contribution < 1.29 is 13.9 Å². The molecule has 1 aliphatic rings. The first kappa shape index (κ1) is 17.0. The van der Waals surface area contributed by atoms with Crippen LogP contribution in [0.2, 0.25) is 0 Å². The molecule has 3 aromatic rings. The van der Waals surface area contributed by atoms with E-state index in [2.05, 4.69) is 17.0 Å². The van der Waals surface area contributed by atoms with Crippen LogP contribution in [-0.2, 0) is 0 Å². The number of nitrogen functional groups attached to an aromatic ring is 1. The number of phenols is 1. The molecule has 4 rings (SSSR count). The van der Waals surface area contributed by atoms with E-state index in [1.54, 1.807) is 12.3 Å². The number of phenolic OH excluding ortho intramolecular Hbond substituents is 1. The fourth-order valence-corrected chi connectivity index (χ4v) is 3.42. The molecule has 0 amide bonds. The van der Waals surface area contributed by atoms with Crippen molar-refractivity contribution in [3.8, 4) is 5.75 Å². The number of anilines is 1. The monoisotopic (exact) mass is 366 g/mol. The van der Waals surface area contributed by atoms with E-state index >= 15 is 0 Å². The number of fused-ring (bicyclic) bond motifs is 2. The summed E-state index contributed by atoms with van der Waals surface area (Å²) in [6.07, 6.45) is 3.39. The lowest BCUT2D eigenvalue weighted by atomic mass is 9.94. The molecule has 1 unspecified atom stereocenters. The van der Waals surface area contributed by atoms with Crippen LogP contribution in [0, 0.1) is 11.6 Å². The molecule has 0 bridgehead atoms. The highest BCUT2D eigenvalue weighted by atomic mass is 19.1. The zero-order chi connectivity index (χ0) is 19.1. The van der Waals surface area contributed by atoms with Crippen LogP contribution in [0.4, 0.5) is 14.6 Å². The molecule has 1 aliphatic heterocycles. The van der Waals surface area contributed by atoms with E-state index in [9.17, 15) is 13.9 Å². The maximum absolute atomic E-state index is 14.0. The first-order valence-electron chi connectivity index (χ1n) is 8.21. The topological polar surface area (TPSA) is 86.4 Å². The Labute approximate surface area is 153 Å². The maximum Gasteiger partial charge on any atom is 0.187 e. The third-order valence-electron chi connectivity index (χ3n) is 4.64. The zero-order valence-corrected chi connectivity index (χ0v) is 14.1. The van der Waals surface area contributed by atoms with E-state index in [1.165, 1.54) is 0 Å². The fraction of sp³-hybridized carbons (Fsp3) is 0.0500. The summed E-state index contributed by atoms with van der Waals surface area (Å²) in [5, 5.41) is 10.9. The van der Waals surface area contributed by atoms with Gasteiger partial charge >= 0.3 is 0 Å². The van der Waals surface area contributed by atoms with E-state index in [4.69, 9.17) is 10.8 Å². The summed E-state index contributed by atoms with van der Waals surface area (Å²) in [5.74, 6) is 3.09. The summed E-state index contributed by atoms with van der Waals surface area (Å²) in [4.78, 5) is 7.76. The lowest BCUT2D eigenvalue weighted by Gasteiger charge is -2.14. The smallest absolute Gasteiger partial charge is 0.187 e. The van der Waals surface area contributed by atoms with Gasteiger partial charge in [-0.05, 0) is 29.3 Å².